The standard InChI is InChI=1S/C24H19Cl2FN4O5/c25-15-2-4-22(31(34)35)19(10-15)24(33)29-21-9-14(1-3-20(21)26)23(32)28-17-11-16(27)12-18(13-17)30-5-7-36-8-6-30/h1-4,9-13H,5-8H2,(H,28,32)(H,29,33). The number of anilines is 3. The van der Waals surface area contributed by atoms with Crippen LogP contribution in [0.15, 0.2) is 54.6 Å². The van der Waals surface area contributed by atoms with E-state index >= 15 is 0 Å². The van der Waals surface area contributed by atoms with Crippen LogP contribution in [-0.2, 0) is 4.74 Å². The summed E-state index contributed by atoms with van der Waals surface area (Å²) in [6.07, 6.45) is 0. The molecule has 3 aromatic carbocycles. The van der Waals surface area contributed by atoms with E-state index in [0.717, 1.165) is 12.1 Å². The Labute approximate surface area is 214 Å². The molecule has 1 saturated heterocycles. The molecule has 2 amide bonds. The first kappa shape index (κ1) is 25.4. The van der Waals surface area contributed by atoms with Crippen LogP contribution >= 0.6 is 23.2 Å². The van der Waals surface area contributed by atoms with Crippen molar-refractivity contribution in [3.63, 3.8) is 0 Å². The number of rotatable bonds is 6. The smallest absolute Gasteiger partial charge is 0.282 e. The summed E-state index contributed by atoms with van der Waals surface area (Å²) in [5.41, 5.74) is 0.319. The van der Waals surface area contributed by atoms with Gasteiger partial charge in [-0.2, -0.15) is 0 Å². The third kappa shape index (κ3) is 5.91. The van der Waals surface area contributed by atoms with Gasteiger partial charge in [-0.1, -0.05) is 23.2 Å². The average molecular weight is 533 g/mol. The second-order valence-corrected chi connectivity index (χ2v) is 8.66. The van der Waals surface area contributed by atoms with E-state index in [9.17, 15) is 24.1 Å². The van der Waals surface area contributed by atoms with E-state index in [4.69, 9.17) is 27.9 Å². The Hall–Kier alpha value is -3.73. The predicted octanol–water partition coefficient (Wildman–Crippen LogP) is 5.38. The number of benzene rings is 3. The lowest BCUT2D eigenvalue weighted by Crippen LogP contribution is -2.36. The molecule has 1 heterocycles. The van der Waals surface area contributed by atoms with Gasteiger partial charge in [0.2, 0.25) is 0 Å². The quantitative estimate of drug-likeness (QED) is 0.325. The van der Waals surface area contributed by atoms with Gasteiger partial charge in [-0.3, -0.25) is 19.7 Å². The highest BCUT2D eigenvalue weighted by Crippen LogP contribution is 2.28. The highest BCUT2D eigenvalue weighted by molar-refractivity contribution is 6.34. The monoisotopic (exact) mass is 532 g/mol. The number of nitro benzene ring substituents is 1. The second-order valence-electron chi connectivity index (χ2n) is 7.82. The van der Waals surface area contributed by atoms with Crippen LogP contribution in [0.25, 0.3) is 0 Å². The molecule has 2 N–H and O–H groups in total. The van der Waals surface area contributed by atoms with Crippen LogP contribution < -0.4 is 15.5 Å². The third-order valence-corrected chi connectivity index (χ3v) is 5.96. The van der Waals surface area contributed by atoms with Crippen LogP contribution in [0.1, 0.15) is 20.7 Å². The van der Waals surface area contributed by atoms with Gasteiger partial charge < -0.3 is 20.3 Å². The van der Waals surface area contributed by atoms with Gasteiger partial charge in [0.05, 0.1) is 28.8 Å². The summed E-state index contributed by atoms with van der Waals surface area (Å²) in [5.74, 6) is -1.92. The fourth-order valence-corrected chi connectivity index (χ4v) is 3.99. The van der Waals surface area contributed by atoms with Gasteiger partial charge in [0.1, 0.15) is 11.4 Å². The van der Waals surface area contributed by atoms with Crippen LogP contribution in [-0.4, -0.2) is 43.0 Å². The van der Waals surface area contributed by atoms with Gasteiger partial charge in [0, 0.05) is 41.1 Å². The van der Waals surface area contributed by atoms with E-state index in [1.54, 1.807) is 6.07 Å². The third-order valence-electron chi connectivity index (χ3n) is 5.39. The molecule has 0 saturated carbocycles. The van der Waals surface area contributed by atoms with Crippen molar-refractivity contribution in [1.82, 2.24) is 0 Å². The van der Waals surface area contributed by atoms with Crippen molar-refractivity contribution < 1.29 is 23.6 Å². The van der Waals surface area contributed by atoms with E-state index in [1.165, 1.54) is 36.4 Å². The van der Waals surface area contributed by atoms with Crippen LogP contribution in [0.5, 0.6) is 0 Å². The second kappa shape index (κ2) is 10.9. The molecular weight excluding hydrogens is 514 g/mol. The summed E-state index contributed by atoms with van der Waals surface area (Å²) in [6.45, 7) is 2.25. The molecule has 0 bridgehead atoms. The van der Waals surface area contributed by atoms with Crippen LogP contribution in [0.4, 0.5) is 27.1 Å². The number of nitro groups is 1. The van der Waals surface area contributed by atoms with Gasteiger partial charge in [0.25, 0.3) is 17.5 Å². The van der Waals surface area contributed by atoms with Crippen molar-refractivity contribution in [2.75, 3.05) is 41.8 Å². The van der Waals surface area contributed by atoms with Crippen molar-refractivity contribution in [1.29, 1.82) is 0 Å². The zero-order valence-electron chi connectivity index (χ0n) is 18.6. The Kier molecular flexibility index (Phi) is 7.68. The lowest BCUT2D eigenvalue weighted by molar-refractivity contribution is -0.385. The van der Waals surface area contributed by atoms with E-state index in [0.29, 0.717) is 32.0 Å². The Balaban J connectivity index is 1.54. The number of nitrogens with zero attached hydrogens (tertiary/aromatic N) is 2. The first-order valence-electron chi connectivity index (χ1n) is 10.7. The molecule has 0 atom stereocenters. The number of ether oxygens (including phenoxy) is 1. The SMILES string of the molecule is O=C(Nc1cc(F)cc(N2CCOCC2)c1)c1ccc(Cl)c(NC(=O)c2cc(Cl)ccc2[N+](=O)[O-])c1. The van der Waals surface area contributed by atoms with Crippen LogP contribution in [0.2, 0.25) is 10.0 Å². The molecule has 0 spiro atoms. The number of halogens is 3. The molecule has 12 heteroatoms. The molecule has 186 valence electrons. The zero-order valence-corrected chi connectivity index (χ0v) is 20.1. The molecular formula is C24H19Cl2FN4O5. The van der Waals surface area contributed by atoms with Crippen molar-refractivity contribution >= 4 is 57.8 Å². The number of nitrogens with one attached hydrogen (secondary N) is 2. The van der Waals surface area contributed by atoms with Crippen molar-refractivity contribution in [2.24, 2.45) is 0 Å². The van der Waals surface area contributed by atoms with Gasteiger partial charge in [-0.15, -0.1) is 0 Å². The Morgan fingerprint density at radius 2 is 1.72 bits per heavy atom. The Morgan fingerprint density at radius 1 is 0.972 bits per heavy atom. The largest absolute Gasteiger partial charge is 0.378 e. The first-order valence-corrected chi connectivity index (χ1v) is 11.5. The van der Waals surface area contributed by atoms with E-state index in [2.05, 4.69) is 10.6 Å². The van der Waals surface area contributed by atoms with E-state index in [-0.39, 0.29) is 32.5 Å². The van der Waals surface area contributed by atoms with Crippen molar-refractivity contribution in [3.8, 4) is 0 Å². The molecule has 36 heavy (non-hydrogen) atoms. The normalized spacial score (nSPS) is 13.2. The fourth-order valence-electron chi connectivity index (χ4n) is 3.65. The molecule has 1 aliphatic heterocycles. The van der Waals surface area contributed by atoms with E-state index < -0.39 is 28.2 Å². The van der Waals surface area contributed by atoms with Gasteiger partial charge in [-0.25, -0.2) is 4.39 Å². The summed E-state index contributed by atoms with van der Waals surface area (Å²) in [7, 11) is 0. The molecule has 3 aromatic rings. The molecule has 1 fully saturated rings. The number of hydrogen-bond donors (Lipinski definition) is 2. The van der Waals surface area contributed by atoms with Gasteiger partial charge in [-0.05, 0) is 48.5 Å². The summed E-state index contributed by atoms with van der Waals surface area (Å²) in [4.78, 5) is 38.2. The number of morpholine rings is 1. The minimum Gasteiger partial charge on any atom is -0.378 e. The summed E-state index contributed by atoms with van der Waals surface area (Å²) in [6, 6.07) is 11.9. The molecule has 4 rings (SSSR count). The molecule has 9 nitrogen and oxygen atoms in total. The fraction of sp³-hybridized carbons (Fsp3) is 0.167. The zero-order chi connectivity index (χ0) is 25.8. The summed E-state index contributed by atoms with van der Waals surface area (Å²) >= 11 is 12.1. The lowest BCUT2D eigenvalue weighted by atomic mass is 10.1. The maximum Gasteiger partial charge on any atom is 0.282 e. The maximum absolute atomic E-state index is 14.2. The molecule has 0 aromatic heterocycles. The number of carbonyl (C=O) groups excluding carboxylic acids is 2. The van der Waals surface area contributed by atoms with E-state index in [1.807, 2.05) is 4.90 Å². The molecule has 1 aliphatic rings. The minimum atomic E-state index is -0.830. The Morgan fingerprint density at radius 3 is 2.44 bits per heavy atom. The average Bonchev–Trinajstić information content (AvgIpc) is 2.85. The first-order chi connectivity index (χ1) is 17.2. The number of carbonyl (C=O) groups is 2. The number of hydrogen-bond acceptors (Lipinski definition) is 6. The van der Waals surface area contributed by atoms with Crippen LogP contribution in [0.3, 0.4) is 0 Å². The summed E-state index contributed by atoms with van der Waals surface area (Å²) in [5, 5.41) is 16.6. The van der Waals surface area contributed by atoms with Crippen molar-refractivity contribution in [3.05, 3.63) is 91.7 Å². The highest BCUT2D eigenvalue weighted by atomic mass is 35.5. The lowest BCUT2D eigenvalue weighted by Gasteiger charge is -2.29. The molecule has 0 radical (unpaired) electrons. The van der Waals surface area contributed by atoms with Gasteiger partial charge >= 0.3 is 0 Å². The van der Waals surface area contributed by atoms with Gasteiger partial charge in [0.15, 0.2) is 0 Å². The summed E-state index contributed by atoms with van der Waals surface area (Å²) < 4.78 is 19.6. The maximum atomic E-state index is 14.2. The molecule has 0 aliphatic carbocycles. The van der Waals surface area contributed by atoms with Crippen LogP contribution in [0, 0.1) is 15.9 Å². The Bertz CT molecular complexity index is 1350. The topological polar surface area (TPSA) is 114 Å². The minimum absolute atomic E-state index is 0.0526. The highest BCUT2D eigenvalue weighted by Gasteiger charge is 2.22. The predicted molar refractivity (Wildman–Crippen MR) is 135 cm³/mol. The molecule has 0 unspecified atom stereocenters. The number of amides is 2. The van der Waals surface area contributed by atoms with Crippen molar-refractivity contribution in [2.45, 2.75) is 0 Å².